The summed E-state index contributed by atoms with van der Waals surface area (Å²) >= 11 is 7.92. The fourth-order valence-electron chi connectivity index (χ4n) is 1.91. The Hall–Kier alpha value is -2.03. The molecule has 8 heteroatoms. The molecule has 1 aromatic heterocycles. The van der Waals surface area contributed by atoms with Gasteiger partial charge >= 0.3 is 0 Å². The molecule has 0 saturated heterocycles. The molecule has 3 rings (SSSR count). The Kier molecular flexibility index (Phi) is 5.39. The minimum absolute atomic E-state index is 0.111. The maximum Gasteiger partial charge on any atom is 0.234 e. The average molecular weight is 377 g/mol. The predicted molar refractivity (Wildman–Crippen MR) is 98.0 cm³/mol. The number of rotatable bonds is 5. The predicted octanol–water partition coefficient (Wildman–Crippen LogP) is 4.53. The van der Waals surface area contributed by atoms with Crippen molar-refractivity contribution in [2.75, 3.05) is 11.1 Å². The van der Waals surface area contributed by atoms with Crippen molar-refractivity contribution in [3.8, 4) is 5.69 Å². The van der Waals surface area contributed by atoms with Gasteiger partial charge in [-0.15, -0.1) is 5.10 Å². The van der Waals surface area contributed by atoms with Crippen LogP contribution in [0.3, 0.4) is 0 Å². The van der Waals surface area contributed by atoms with Gasteiger partial charge in [0.2, 0.25) is 5.91 Å². The maximum atomic E-state index is 13.0. The number of hydrogen-bond donors (Lipinski definition) is 1. The van der Waals surface area contributed by atoms with E-state index in [-0.39, 0.29) is 17.5 Å². The summed E-state index contributed by atoms with van der Waals surface area (Å²) in [5.41, 5.74) is 1.45. The van der Waals surface area contributed by atoms with E-state index >= 15 is 0 Å². The first-order chi connectivity index (χ1) is 11.6. The Morgan fingerprint density at radius 2 is 1.92 bits per heavy atom. The second kappa shape index (κ2) is 7.69. The van der Waals surface area contributed by atoms with Crippen molar-refractivity contribution >= 4 is 46.9 Å². The first-order valence-electron chi connectivity index (χ1n) is 6.95. The van der Waals surface area contributed by atoms with Crippen molar-refractivity contribution in [3.63, 3.8) is 0 Å². The highest BCUT2D eigenvalue weighted by Crippen LogP contribution is 2.24. The molecule has 24 heavy (non-hydrogen) atoms. The number of anilines is 1. The van der Waals surface area contributed by atoms with Crippen LogP contribution in [0.5, 0.6) is 0 Å². The van der Waals surface area contributed by atoms with Crippen molar-refractivity contribution in [2.45, 2.75) is 4.34 Å². The van der Waals surface area contributed by atoms with E-state index in [1.54, 1.807) is 16.8 Å². The van der Waals surface area contributed by atoms with E-state index in [2.05, 4.69) is 10.4 Å². The standard InChI is InChI=1S/C16H12FN3OS3/c17-11-6-8-13(9-7-11)20-16(22)24-15(19-20)23-10-14(21)18-12-4-2-1-3-5-12/h1-9H,10H2,(H,18,21). The SMILES string of the molecule is O=C(CSc1nn(-c2ccc(F)cc2)c(=S)s1)Nc1ccccc1. The van der Waals surface area contributed by atoms with Crippen LogP contribution in [0.2, 0.25) is 0 Å². The van der Waals surface area contributed by atoms with Gasteiger partial charge in [0.05, 0.1) is 11.4 Å². The van der Waals surface area contributed by atoms with Crippen LogP contribution >= 0.6 is 35.3 Å². The number of nitrogens with one attached hydrogen (secondary N) is 1. The third kappa shape index (κ3) is 4.28. The summed E-state index contributed by atoms with van der Waals surface area (Å²) in [5.74, 6) is -0.186. The van der Waals surface area contributed by atoms with Gasteiger partial charge in [0.15, 0.2) is 8.29 Å². The van der Waals surface area contributed by atoms with E-state index in [0.717, 1.165) is 5.69 Å². The molecule has 3 aromatic rings. The lowest BCUT2D eigenvalue weighted by atomic mass is 10.3. The molecule has 0 saturated carbocycles. The molecule has 2 aromatic carbocycles. The van der Waals surface area contributed by atoms with Crippen LogP contribution < -0.4 is 5.32 Å². The number of benzene rings is 2. The molecule has 0 aliphatic heterocycles. The number of para-hydroxylation sites is 1. The number of aromatic nitrogens is 2. The quantitative estimate of drug-likeness (QED) is 0.524. The molecule has 0 spiro atoms. The van der Waals surface area contributed by atoms with E-state index < -0.39 is 0 Å². The van der Waals surface area contributed by atoms with E-state index in [0.29, 0.717) is 14.0 Å². The summed E-state index contributed by atoms with van der Waals surface area (Å²) in [6.07, 6.45) is 0. The number of nitrogens with zero attached hydrogens (tertiary/aromatic N) is 2. The molecular weight excluding hydrogens is 365 g/mol. The maximum absolute atomic E-state index is 13.0. The molecule has 4 nitrogen and oxygen atoms in total. The highest BCUT2D eigenvalue weighted by Gasteiger charge is 2.09. The van der Waals surface area contributed by atoms with Gasteiger partial charge in [0.25, 0.3) is 0 Å². The van der Waals surface area contributed by atoms with Crippen LogP contribution in [0.4, 0.5) is 10.1 Å². The van der Waals surface area contributed by atoms with Gasteiger partial charge in [-0.25, -0.2) is 9.07 Å². The Morgan fingerprint density at radius 1 is 1.21 bits per heavy atom. The molecule has 0 fully saturated rings. The Balaban J connectivity index is 1.64. The minimum atomic E-state index is -0.312. The summed E-state index contributed by atoms with van der Waals surface area (Å²) < 4.78 is 15.8. The first kappa shape index (κ1) is 16.8. The van der Waals surface area contributed by atoms with Crippen molar-refractivity contribution in [2.24, 2.45) is 0 Å². The number of thioether (sulfide) groups is 1. The Bertz CT molecular complexity index is 891. The Labute approximate surface area is 151 Å². The number of carbonyl (C=O) groups is 1. The lowest BCUT2D eigenvalue weighted by Crippen LogP contribution is -2.13. The van der Waals surface area contributed by atoms with E-state index in [1.165, 1.54) is 35.2 Å². The topological polar surface area (TPSA) is 46.9 Å². The minimum Gasteiger partial charge on any atom is -0.325 e. The highest BCUT2D eigenvalue weighted by atomic mass is 32.2. The largest absolute Gasteiger partial charge is 0.325 e. The molecule has 0 aliphatic carbocycles. The monoisotopic (exact) mass is 377 g/mol. The molecule has 0 atom stereocenters. The molecule has 0 unspecified atom stereocenters. The fourth-order valence-corrected chi connectivity index (χ4v) is 4.07. The number of halogens is 1. The van der Waals surface area contributed by atoms with Gasteiger partial charge in [-0.1, -0.05) is 41.3 Å². The average Bonchev–Trinajstić information content (AvgIpc) is 2.95. The number of carbonyl (C=O) groups excluding carboxylic acids is 1. The molecule has 1 amide bonds. The second-order valence-electron chi connectivity index (χ2n) is 4.72. The van der Waals surface area contributed by atoms with Crippen LogP contribution in [0, 0.1) is 9.77 Å². The molecule has 0 bridgehead atoms. The van der Waals surface area contributed by atoms with Crippen LogP contribution in [-0.2, 0) is 4.79 Å². The van der Waals surface area contributed by atoms with E-state index in [1.807, 2.05) is 30.3 Å². The third-order valence-electron chi connectivity index (χ3n) is 2.98. The van der Waals surface area contributed by atoms with Gasteiger partial charge in [-0.3, -0.25) is 4.79 Å². The van der Waals surface area contributed by atoms with Crippen molar-refractivity contribution in [3.05, 3.63) is 64.4 Å². The normalized spacial score (nSPS) is 10.5. The molecule has 1 heterocycles. The third-order valence-corrected chi connectivity index (χ3v) is 5.35. The van der Waals surface area contributed by atoms with Crippen LogP contribution in [0.1, 0.15) is 0 Å². The summed E-state index contributed by atoms with van der Waals surface area (Å²) in [6, 6.07) is 15.2. The van der Waals surface area contributed by atoms with Crippen LogP contribution in [0.15, 0.2) is 58.9 Å². The second-order valence-corrected chi connectivity index (χ2v) is 7.57. The number of hydrogen-bond acceptors (Lipinski definition) is 5. The molecule has 122 valence electrons. The van der Waals surface area contributed by atoms with Gasteiger partial charge in [0, 0.05) is 5.69 Å². The summed E-state index contributed by atoms with van der Waals surface area (Å²) in [7, 11) is 0. The molecule has 1 N–H and O–H groups in total. The zero-order valence-electron chi connectivity index (χ0n) is 12.3. The first-order valence-corrected chi connectivity index (χ1v) is 9.17. The van der Waals surface area contributed by atoms with Crippen molar-refractivity contribution in [1.82, 2.24) is 9.78 Å². The van der Waals surface area contributed by atoms with Crippen LogP contribution in [0.25, 0.3) is 5.69 Å². The van der Waals surface area contributed by atoms with Gasteiger partial charge in [-0.05, 0) is 48.6 Å². The van der Waals surface area contributed by atoms with Crippen molar-refractivity contribution in [1.29, 1.82) is 0 Å². The molecular formula is C16H12FN3OS3. The number of amides is 1. The van der Waals surface area contributed by atoms with E-state index in [4.69, 9.17) is 12.2 Å². The lowest BCUT2D eigenvalue weighted by Gasteiger charge is -2.03. The van der Waals surface area contributed by atoms with Gasteiger partial charge in [0.1, 0.15) is 5.82 Å². The molecule has 0 aliphatic rings. The highest BCUT2D eigenvalue weighted by molar-refractivity contribution is 8.01. The lowest BCUT2D eigenvalue weighted by molar-refractivity contribution is -0.113. The van der Waals surface area contributed by atoms with E-state index in [9.17, 15) is 9.18 Å². The van der Waals surface area contributed by atoms with Gasteiger partial charge < -0.3 is 5.32 Å². The van der Waals surface area contributed by atoms with Gasteiger partial charge in [-0.2, -0.15) is 0 Å². The van der Waals surface area contributed by atoms with Crippen molar-refractivity contribution < 1.29 is 9.18 Å². The smallest absolute Gasteiger partial charge is 0.234 e. The summed E-state index contributed by atoms with van der Waals surface area (Å²) in [6.45, 7) is 0. The zero-order chi connectivity index (χ0) is 16.9. The summed E-state index contributed by atoms with van der Waals surface area (Å²) in [4.78, 5) is 12.0. The summed E-state index contributed by atoms with van der Waals surface area (Å²) in [5, 5.41) is 7.19. The fraction of sp³-hybridized carbons (Fsp3) is 0.0625. The van der Waals surface area contributed by atoms with Crippen LogP contribution in [-0.4, -0.2) is 21.4 Å². The zero-order valence-corrected chi connectivity index (χ0v) is 14.8. The molecule has 0 radical (unpaired) electrons. The Morgan fingerprint density at radius 3 is 2.62 bits per heavy atom.